The Bertz CT molecular complexity index is 464. The van der Waals surface area contributed by atoms with E-state index in [0.717, 1.165) is 56.4 Å². The molecule has 5 nitrogen and oxygen atoms in total. The molecule has 0 bridgehead atoms. The molecule has 0 fully saturated rings. The molecule has 0 heterocycles. The minimum absolute atomic E-state index is 0. The summed E-state index contributed by atoms with van der Waals surface area (Å²) in [5.41, 5.74) is 1.09. The molecule has 0 saturated carbocycles. The van der Waals surface area contributed by atoms with Gasteiger partial charge in [0.25, 0.3) is 0 Å². The van der Waals surface area contributed by atoms with Crippen molar-refractivity contribution < 1.29 is 4.74 Å². The van der Waals surface area contributed by atoms with Gasteiger partial charge in [0.15, 0.2) is 5.96 Å². The number of ether oxygens (including phenoxy) is 1. The van der Waals surface area contributed by atoms with Gasteiger partial charge in [-0.2, -0.15) is 0 Å². The Morgan fingerprint density at radius 1 is 1.12 bits per heavy atom. The molecular formula is C18H33IN4O. The van der Waals surface area contributed by atoms with Crippen molar-refractivity contribution in [2.45, 2.75) is 33.7 Å². The van der Waals surface area contributed by atoms with E-state index in [1.165, 1.54) is 0 Å². The van der Waals surface area contributed by atoms with Crippen molar-refractivity contribution in [1.82, 2.24) is 15.5 Å². The van der Waals surface area contributed by atoms with Crippen molar-refractivity contribution >= 4 is 29.9 Å². The average Bonchev–Trinajstić information content (AvgIpc) is 2.59. The minimum atomic E-state index is 0. The van der Waals surface area contributed by atoms with Gasteiger partial charge in [0.1, 0.15) is 5.75 Å². The third-order valence-corrected chi connectivity index (χ3v) is 3.78. The quantitative estimate of drug-likeness (QED) is 0.250. The maximum Gasteiger partial charge on any atom is 0.191 e. The number of guanidine groups is 1. The highest BCUT2D eigenvalue weighted by molar-refractivity contribution is 14.0. The molecule has 0 saturated heterocycles. The third-order valence-electron chi connectivity index (χ3n) is 3.78. The van der Waals surface area contributed by atoms with Gasteiger partial charge in [-0.15, -0.1) is 24.0 Å². The van der Waals surface area contributed by atoms with E-state index in [1.54, 1.807) is 7.11 Å². The molecule has 0 amide bonds. The SMILES string of the molecule is CCNC(=NCc1ccccc1OC)NCCCN(CC)CC.I. The zero-order chi connectivity index (χ0) is 16.9. The molecule has 24 heavy (non-hydrogen) atoms. The predicted molar refractivity (Wildman–Crippen MR) is 114 cm³/mol. The fraction of sp³-hybridized carbons (Fsp3) is 0.611. The molecule has 0 spiro atoms. The second-order valence-electron chi connectivity index (χ2n) is 5.31. The lowest BCUT2D eigenvalue weighted by atomic mass is 10.2. The Morgan fingerprint density at radius 3 is 2.46 bits per heavy atom. The molecule has 0 aliphatic heterocycles. The van der Waals surface area contributed by atoms with Gasteiger partial charge in [-0.25, -0.2) is 4.99 Å². The van der Waals surface area contributed by atoms with Crippen molar-refractivity contribution in [1.29, 1.82) is 0 Å². The van der Waals surface area contributed by atoms with Crippen molar-refractivity contribution in [3.8, 4) is 5.75 Å². The van der Waals surface area contributed by atoms with Gasteiger partial charge in [0.2, 0.25) is 0 Å². The van der Waals surface area contributed by atoms with E-state index in [4.69, 9.17) is 4.74 Å². The number of para-hydroxylation sites is 1. The van der Waals surface area contributed by atoms with E-state index in [0.29, 0.717) is 6.54 Å². The van der Waals surface area contributed by atoms with Gasteiger partial charge >= 0.3 is 0 Å². The van der Waals surface area contributed by atoms with E-state index in [-0.39, 0.29) is 24.0 Å². The molecule has 0 atom stereocenters. The summed E-state index contributed by atoms with van der Waals surface area (Å²) in [7, 11) is 1.69. The summed E-state index contributed by atoms with van der Waals surface area (Å²) < 4.78 is 5.37. The van der Waals surface area contributed by atoms with E-state index in [1.807, 2.05) is 24.3 Å². The number of methoxy groups -OCH3 is 1. The van der Waals surface area contributed by atoms with Crippen LogP contribution < -0.4 is 15.4 Å². The summed E-state index contributed by atoms with van der Waals surface area (Å²) >= 11 is 0. The molecule has 1 aromatic carbocycles. The number of nitrogens with zero attached hydrogens (tertiary/aromatic N) is 2. The summed E-state index contributed by atoms with van der Waals surface area (Å²) in [6.07, 6.45) is 1.11. The Hall–Kier alpha value is -1.02. The molecule has 0 aliphatic rings. The lowest BCUT2D eigenvalue weighted by Crippen LogP contribution is -2.38. The number of halogens is 1. The Kier molecular flexibility index (Phi) is 13.7. The summed E-state index contributed by atoms with van der Waals surface area (Å²) in [6, 6.07) is 8.00. The second-order valence-corrected chi connectivity index (χ2v) is 5.31. The zero-order valence-corrected chi connectivity index (χ0v) is 17.8. The predicted octanol–water partition coefficient (Wildman–Crippen LogP) is 3.10. The van der Waals surface area contributed by atoms with E-state index < -0.39 is 0 Å². The normalized spacial score (nSPS) is 11.1. The number of aliphatic imine (C=N–C) groups is 1. The van der Waals surface area contributed by atoms with E-state index in [9.17, 15) is 0 Å². The first-order valence-electron chi connectivity index (χ1n) is 8.61. The molecule has 0 aliphatic carbocycles. The van der Waals surface area contributed by atoms with Gasteiger partial charge in [-0.3, -0.25) is 0 Å². The Morgan fingerprint density at radius 2 is 1.83 bits per heavy atom. The van der Waals surface area contributed by atoms with Crippen LogP contribution in [0.4, 0.5) is 0 Å². The van der Waals surface area contributed by atoms with Gasteiger partial charge in [0.05, 0.1) is 13.7 Å². The smallest absolute Gasteiger partial charge is 0.191 e. The zero-order valence-electron chi connectivity index (χ0n) is 15.5. The topological polar surface area (TPSA) is 48.9 Å². The van der Waals surface area contributed by atoms with Crippen LogP contribution in [0.15, 0.2) is 29.3 Å². The summed E-state index contributed by atoms with van der Waals surface area (Å²) in [6.45, 7) is 12.2. The fourth-order valence-corrected chi connectivity index (χ4v) is 2.39. The highest BCUT2D eigenvalue weighted by Gasteiger charge is 2.03. The van der Waals surface area contributed by atoms with Crippen LogP contribution in [0, 0.1) is 0 Å². The highest BCUT2D eigenvalue weighted by Crippen LogP contribution is 2.17. The largest absolute Gasteiger partial charge is 0.496 e. The second kappa shape index (κ2) is 14.3. The van der Waals surface area contributed by atoms with Crippen LogP contribution >= 0.6 is 24.0 Å². The minimum Gasteiger partial charge on any atom is -0.496 e. The van der Waals surface area contributed by atoms with Gasteiger partial charge < -0.3 is 20.3 Å². The van der Waals surface area contributed by atoms with Gasteiger partial charge in [-0.05, 0) is 39.0 Å². The van der Waals surface area contributed by atoms with E-state index >= 15 is 0 Å². The van der Waals surface area contributed by atoms with Crippen LogP contribution in [0.5, 0.6) is 5.75 Å². The number of nitrogens with one attached hydrogen (secondary N) is 2. The van der Waals surface area contributed by atoms with Crippen LogP contribution in [0.1, 0.15) is 32.8 Å². The molecular weight excluding hydrogens is 415 g/mol. The summed E-state index contributed by atoms with van der Waals surface area (Å²) in [5.74, 6) is 1.74. The summed E-state index contributed by atoms with van der Waals surface area (Å²) in [5, 5.41) is 6.69. The van der Waals surface area contributed by atoms with Crippen LogP contribution in [0.2, 0.25) is 0 Å². The van der Waals surface area contributed by atoms with Crippen molar-refractivity contribution in [2.24, 2.45) is 4.99 Å². The average molecular weight is 448 g/mol. The van der Waals surface area contributed by atoms with Crippen LogP contribution in [0.25, 0.3) is 0 Å². The van der Waals surface area contributed by atoms with E-state index in [2.05, 4.69) is 41.3 Å². The Labute approximate surface area is 164 Å². The first-order chi connectivity index (χ1) is 11.2. The first kappa shape index (κ1) is 23.0. The molecule has 1 rings (SSSR count). The first-order valence-corrected chi connectivity index (χ1v) is 8.61. The van der Waals surface area contributed by atoms with Gasteiger partial charge in [0, 0.05) is 18.7 Å². The fourth-order valence-electron chi connectivity index (χ4n) is 2.39. The molecule has 1 aromatic rings. The van der Waals surface area contributed by atoms with Gasteiger partial charge in [-0.1, -0.05) is 32.0 Å². The lowest BCUT2D eigenvalue weighted by molar-refractivity contribution is 0.300. The monoisotopic (exact) mass is 448 g/mol. The van der Waals surface area contributed by atoms with Crippen molar-refractivity contribution in [3.05, 3.63) is 29.8 Å². The molecule has 2 N–H and O–H groups in total. The van der Waals surface area contributed by atoms with Crippen LogP contribution in [0.3, 0.4) is 0 Å². The molecule has 0 radical (unpaired) electrons. The molecule has 138 valence electrons. The number of rotatable bonds is 10. The Balaban J connectivity index is 0.00000529. The highest BCUT2D eigenvalue weighted by atomic mass is 127. The third kappa shape index (κ3) is 8.73. The standard InChI is InChI=1S/C18H32N4O.HI/c1-5-19-18(20-13-10-14-22(6-2)7-3)21-15-16-11-8-9-12-17(16)23-4;/h8-9,11-12H,5-7,10,13-15H2,1-4H3,(H2,19,20,21);1H. The van der Waals surface area contributed by atoms with Crippen LogP contribution in [-0.2, 0) is 6.54 Å². The number of benzene rings is 1. The molecule has 6 heteroatoms. The number of hydrogen-bond acceptors (Lipinski definition) is 3. The number of hydrogen-bond donors (Lipinski definition) is 2. The van der Waals surface area contributed by atoms with Crippen molar-refractivity contribution in [2.75, 3.05) is 39.8 Å². The van der Waals surface area contributed by atoms with Crippen molar-refractivity contribution in [3.63, 3.8) is 0 Å². The van der Waals surface area contributed by atoms with Crippen LogP contribution in [-0.4, -0.2) is 50.7 Å². The maximum absolute atomic E-state index is 5.37. The molecule has 0 unspecified atom stereocenters. The summed E-state index contributed by atoms with van der Waals surface area (Å²) in [4.78, 5) is 7.08. The maximum atomic E-state index is 5.37. The lowest BCUT2D eigenvalue weighted by Gasteiger charge is -2.18. The molecule has 0 aromatic heterocycles.